The Kier molecular flexibility index (Phi) is 12.3. The number of alkyl halides is 3. The van der Waals surface area contributed by atoms with Crippen molar-refractivity contribution in [2.75, 3.05) is 66.2 Å². The van der Waals surface area contributed by atoms with Crippen molar-refractivity contribution < 1.29 is 41.1 Å². The van der Waals surface area contributed by atoms with Crippen molar-refractivity contribution in [3.8, 4) is 11.9 Å². The minimum Gasteiger partial charge on any atom is -0.473 e. The highest BCUT2D eigenvalue weighted by Crippen LogP contribution is 2.39. The van der Waals surface area contributed by atoms with Crippen LogP contribution < -0.4 is 30.5 Å². The van der Waals surface area contributed by atoms with Crippen molar-refractivity contribution in [3.05, 3.63) is 65.2 Å². The molecule has 0 radical (unpaired) electrons. The van der Waals surface area contributed by atoms with Crippen LogP contribution in [0.4, 0.5) is 44.8 Å². The number of amides is 3. The summed E-state index contributed by atoms with van der Waals surface area (Å²) in [5, 5.41) is 25.3. The molecular formula is C40H44F5N9O4. The van der Waals surface area contributed by atoms with E-state index < -0.39 is 41.0 Å². The lowest BCUT2D eigenvalue weighted by Crippen LogP contribution is -2.47. The summed E-state index contributed by atoms with van der Waals surface area (Å²) in [5.74, 6) is -2.27. The first-order chi connectivity index (χ1) is 27.8. The minimum atomic E-state index is -5.02. The Morgan fingerprint density at radius 1 is 0.879 bits per heavy atom. The number of rotatable bonds is 10. The van der Waals surface area contributed by atoms with Gasteiger partial charge in [0, 0.05) is 69.9 Å². The standard InChI is InChI=1S/C40H44F5N9O4/c41-29-21-27(47-30-3-7-34(55)49-39(30)57)2-5-31(29)53-17-9-24(10-18-53)23-52-15-13-28(14-16-52)58-35-8-6-33(50-51-35)48-38(56)25-11-19-54(20-12-25)32-4-1-26(22-46)36(37(32)42)40(43,44)45/h1-2,4-6,8,21,24-25,28,30,47H,3,7,9-20,23H2,(H,48,50,56)(H,49,55,57). The molecule has 0 aliphatic carbocycles. The topological polar surface area (TPSA) is 156 Å². The fraction of sp³-hybridized carbons (Fsp3) is 0.500. The van der Waals surface area contributed by atoms with Crippen molar-refractivity contribution in [2.45, 2.75) is 69.7 Å². The summed E-state index contributed by atoms with van der Waals surface area (Å²) < 4.78 is 76.5. The summed E-state index contributed by atoms with van der Waals surface area (Å²) in [4.78, 5) is 42.4. The molecule has 13 nitrogen and oxygen atoms in total. The van der Waals surface area contributed by atoms with Gasteiger partial charge in [-0.1, -0.05) is 0 Å². The molecule has 4 aliphatic rings. The number of piperidine rings is 4. The molecule has 3 N–H and O–H groups in total. The van der Waals surface area contributed by atoms with Gasteiger partial charge in [0.25, 0.3) is 0 Å². The molecule has 4 aliphatic heterocycles. The molecule has 2 aromatic carbocycles. The molecule has 1 unspecified atom stereocenters. The van der Waals surface area contributed by atoms with Gasteiger partial charge in [-0.15, -0.1) is 10.2 Å². The number of hydrogen-bond acceptors (Lipinski definition) is 11. The Balaban J connectivity index is 0.803. The third kappa shape index (κ3) is 9.58. The number of ether oxygens (including phenoxy) is 1. The SMILES string of the molecule is N#Cc1ccc(N2CCC(C(=O)Nc3ccc(OC4CCN(CC5CCN(c6ccc(NC7CCC(=O)NC7=O)cc6F)CC5)CC4)nn3)CC2)c(F)c1C(F)(F)F. The van der Waals surface area contributed by atoms with Gasteiger partial charge < -0.3 is 30.1 Å². The number of carbonyl (C=O) groups is 3. The maximum Gasteiger partial charge on any atom is 0.420 e. The van der Waals surface area contributed by atoms with Gasteiger partial charge >= 0.3 is 6.18 Å². The summed E-state index contributed by atoms with van der Waals surface area (Å²) in [7, 11) is 0. The number of likely N-dealkylation sites (tertiary alicyclic amines) is 1. The van der Waals surface area contributed by atoms with E-state index in [1.54, 1.807) is 24.3 Å². The number of nitriles is 1. The summed E-state index contributed by atoms with van der Waals surface area (Å²) in [5.41, 5.74) is -1.58. The molecule has 1 atom stereocenters. The average Bonchev–Trinajstić information content (AvgIpc) is 3.20. The third-order valence-corrected chi connectivity index (χ3v) is 11.4. The monoisotopic (exact) mass is 809 g/mol. The molecule has 7 rings (SSSR count). The van der Waals surface area contributed by atoms with Crippen molar-refractivity contribution in [1.82, 2.24) is 20.4 Å². The van der Waals surface area contributed by atoms with Crippen LogP contribution in [0.1, 0.15) is 62.5 Å². The molecule has 1 aromatic heterocycles. The van der Waals surface area contributed by atoms with Crippen LogP contribution in [0.25, 0.3) is 0 Å². The predicted octanol–water partition coefficient (Wildman–Crippen LogP) is 5.48. The Morgan fingerprint density at radius 2 is 1.57 bits per heavy atom. The number of hydrogen-bond donors (Lipinski definition) is 3. The minimum absolute atomic E-state index is 0.0402. The van der Waals surface area contributed by atoms with E-state index in [2.05, 4.69) is 35.9 Å². The molecular weight excluding hydrogens is 765 g/mol. The van der Waals surface area contributed by atoms with E-state index in [0.29, 0.717) is 29.6 Å². The summed E-state index contributed by atoms with van der Waals surface area (Å²) in [6, 6.07) is 11.1. The number of imide groups is 1. The van der Waals surface area contributed by atoms with Crippen LogP contribution >= 0.6 is 0 Å². The quantitative estimate of drug-likeness (QED) is 0.176. The zero-order valence-corrected chi connectivity index (χ0v) is 31.7. The van der Waals surface area contributed by atoms with Crippen LogP contribution in [0, 0.1) is 34.8 Å². The predicted molar refractivity (Wildman–Crippen MR) is 203 cm³/mol. The Hall–Kier alpha value is -5.57. The first-order valence-corrected chi connectivity index (χ1v) is 19.6. The molecule has 0 spiro atoms. The molecule has 4 fully saturated rings. The average molecular weight is 810 g/mol. The van der Waals surface area contributed by atoms with Crippen molar-refractivity contribution in [2.24, 2.45) is 11.8 Å². The number of aromatic nitrogens is 2. The van der Waals surface area contributed by atoms with Gasteiger partial charge in [-0.3, -0.25) is 19.7 Å². The highest BCUT2D eigenvalue weighted by Gasteiger charge is 2.39. The largest absolute Gasteiger partial charge is 0.473 e. The van der Waals surface area contributed by atoms with Crippen LogP contribution in [-0.4, -0.2) is 90.8 Å². The number of nitrogens with one attached hydrogen (secondary N) is 3. The maximum absolute atomic E-state index is 15.1. The van der Waals surface area contributed by atoms with Gasteiger partial charge in [-0.05, 0) is 87.3 Å². The molecule has 3 amide bonds. The number of halogens is 5. The van der Waals surface area contributed by atoms with Gasteiger partial charge in [0.1, 0.15) is 23.5 Å². The fourth-order valence-electron chi connectivity index (χ4n) is 8.23. The zero-order valence-electron chi connectivity index (χ0n) is 31.7. The number of carbonyl (C=O) groups excluding carboxylic acids is 3. The second-order valence-electron chi connectivity index (χ2n) is 15.3. The molecule has 4 saturated heterocycles. The van der Waals surface area contributed by atoms with E-state index in [0.717, 1.165) is 64.5 Å². The van der Waals surface area contributed by atoms with Crippen LogP contribution in [0.2, 0.25) is 0 Å². The van der Waals surface area contributed by atoms with Gasteiger partial charge in [0.05, 0.1) is 23.0 Å². The van der Waals surface area contributed by atoms with E-state index in [4.69, 9.17) is 10.00 Å². The molecule has 58 heavy (non-hydrogen) atoms. The van der Waals surface area contributed by atoms with Crippen LogP contribution in [-0.2, 0) is 20.6 Å². The number of nitrogens with zero attached hydrogens (tertiary/aromatic N) is 6. The maximum atomic E-state index is 15.1. The lowest BCUT2D eigenvalue weighted by atomic mass is 9.94. The fourth-order valence-corrected chi connectivity index (χ4v) is 8.23. The zero-order chi connectivity index (χ0) is 41.0. The lowest BCUT2D eigenvalue weighted by molar-refractivity contribution is -0.140. The van der Waals surface area contributed by atoms with Gasteiger partial charge in [-0.2, -0.15) is 18.4 Å². The second kappa shape index (κ2) is 17.5. The molecule has 0 saturated carbocycles. The number of benzene rings is 2. The van der Waals surface area contributed by atoms with E-state index >= 15 is 4.39 Å². The molecule has 308 valence electrons. The molecule has 0 bridgehead atoms. The highest BCUT2D eigenvalue weighted by atomic mass is 19.4. The van der Waals surface area contributed by atoms with Crippen LogP contribution in [0.3, 0.4) is 0 Å². The summed E-state index contributed by atoms with van der Waals surface area (Å²) in [6.07, 6.45) is -0.388. The van der Waals surface area contributed by atoms with Crippen LogP contribution in [0.5, 0.6) is 5.88 Å². The van der Waals surface area contributed by atoms with Gasteiger partial charge in [0.15, 0.2) is 11.6 Å². The Bertz CT molecular complexity index is 2020. The second-order valence-corrected chi connectivity index (χ2v) is 15.3. The van der Waals surface area contributed by atoms with Crippen molar-refractivity contribution in [3.63, 3.8) is 0 Å². The van der Waals surface area contributed by atoms with Crippen molar-refractivity contribution in [1.29, 1.82) is 5.26 Å². The molecule has 3 aromatic rings. The van der Waals surface area contributed by atoms with Crippen molar-refractivity contribution >= 4 is 40.6 Å². The normalized spacial score (nSPS) is 20.4. The van der Waals surface area contributed by atoms with E-state index in [9.17, 15) is 31.9 Å². The van der Waals surface area contributed by atoms with Crippen LogP contribution in [0.15, 0.2) is 42.5 Å². The number of anilines is 4. The smallest absolute Gasteiger partial charge is 0.420 e. The first kappa shape index (κ1) is 40.6. The summed E-state index contributed by atoms with van der Waals surface area (Å²) >= 11 is 0. The summed E-state index contributed by atoms with van der Waals surface area (Å²) in [6.45, 7) is 4.47. The molecule has 5 heterocycles. The van der Waals surface area contributed by atoms with Gasteiger partial charge in [0.2, 0.25) is 23.6 Å². The van der Waals surface area contributed by atoms with E-state index in [1.807, 2.05) is 0 Å². The van der Waals surface area contributed by atoms with E-state index in [-0.39, 0.29) is 67.6 Å². The van der Waals surface area contributed by atoms with E-state index in [1.165, 1.54) is 23.1 Å². The lowest BCUT2D eigenvalue weighted by Gasteiger charge is -2.38. The first-order valence-electron chi connectivity index (χ1n) is 19.6. The van der Waals surface area contributed by atoms with Gasteiger partial charge in [-0.25, -0.2) is 8.78 Å². The Labute approximate surface area is 331 Å². The highest BCUT2D eigenvalue weighted by molar-refractivity contribution is 6.01. The Morgan fingerprint density at radius 3 is 2.21 bits per heavy atom. The third-order valence-electron chi connectivity index (χ3n) is 11.4. The molecule has 18 heteroatoms.